The van der Waals surface area contributed by atoms with Gasteiger partial charge in [-0.1, -0.05) is 30.3 Å². The molecule has 5 N–H and O–H groups in total. The second kappa shape index (κ2) is 10.8. The standard InChI is InChI=1S/C29H27N5O6/c1-38-23-12-17(13-24(39-2)27(23)40-3)25-26-20(19-6-4-5-7-21(19)32-26)14-22(33-25)28(35)31-15-16-8-10-18(11-9-16)34(37)29(30)36/h4-14,32,37H,15H2,1-3H3,(H2,30,36)(H,31,35). The van der Waals surface area contributed by atoms with Gasteiger partial charge in [0.1, 0.15) is 5.69 Å². The highest BCUT2D eigenvalue weighted by atomic mass is 16.5. The number of ether oxygens (including phenoxy) is 3. The van der Waals surface area contributed by atoms with Crippen LogP contribution in [0.3, 0.4) is 0 Å². The van der Waals surface area contributed by atoms with Crippen LogP contribution in [-0.2, 0) is 6.54 Å². The fraction of sp³-hybridized carbons (Fsp3) is 0.138. The number of hydroxylamine groups is 1. The Morgan fingerprint density at radius 2 is 1.62 bits per heavy atom. The quantitative estimate of drug-likeness (QED) is 0.165. The number of nitrogens with one attached hydrogen (secondary N) is 2. The van der Waals surface area contributed by atoms with Gasteiger partial charge in [-0.2, -0.15) is 5.06 Å². The minimum atomic E-state index is -0.997. The largest absolute Gasteiger partial charge is 0.493 e. The number of aromatic nitrogens is 2. The third-order valence-corrected chi connectivity index (χ3v) is 6.51. The summed E-state index contributed by atoms with van der Waals surface area (Å²) in [6, 6.07) is 18.5. The number of rotatable bonds is 8. The first-order valence-electron chi connectivity index (χ1n) is 12.2. The number of anilines is 1. The van der Waals surface area contributed by atoms with Crippen molar-refractivity contribution in [1.29, 1.82) is 0 Å². The van der Waals surface area contributed by atoms with Crippen molar-refractivity contribution in [2.75, 3.05) is 26.4 Å². The predicted molar refractivity (Wildman–Crippen MR) is 150 cm³/mol. The molecule has 0 bridgehead atoms. The molecule has 0 saturated heterocycles. The molecule has 40 heavy (non-hydrogen) atoms. The summed E-state index contributed by atoms with van der Waals surface area (Å²) in [6.07, 6.45) is 0. The number of amides is 3. The number of pyridine rings is 1. The van der Waals surface area contributed by atoms with E-state index < -0.39 is 6.03 Å². The second-order valence-electron chi connectivity index (χ2n) is 8.86. The van der Waals surface area contributed by atoms with Crippen molar-refractivity contribution in [1.82, 2.24) is 15.3 Å². The third kappa shape index (κ3) is 4.81. The zero-order valence-electron chi connectivity index (χ0n) is 22.0. The van der Waals surface area contributed by atoms with Gasteiger partial charge in [-0.25, -0.2) is 9.78 Å². The van der Waals surface area contributed by atoms with Crippen molar-refractivity contribution >= 4 is 39.4 Å². The van der Waals surface area contributed by atoms with E-state index in [1.807, 2.05) is 24.3 Å². The maximum absolute atomic E-state index is 13.4. The maximum Gasteiger partial charge on any atom is 0.343 e. The Kier molecular flexibility index (Phi) is 7.13. The number of carbonyl (C=O) groups is 2. The van der Waals surface area contributed by atoms with Crippen LogP contribution in [0.1, 0.15) is 16.1 Å². The molecular formula is C29H27N5O6. The number of hydrogen-bond acceptors (Lipinski definition) is 7. The maximum atomic E-state index is 13.4. The number of fused-ring (bicyclic) bond motifs is 3. The number of H-pyrrole nitrogens is 1. The summed E-state index contributed by atoms with van der Waals surface area (Å²) in [5.41, 5.74) is 9.12. The molecule has 2 aromatic heterocycles. The molecule has 0 atom stereocenters. The average Bonchev–Trinajstić information content (AvgIpc) is 3.37. The summed E-state index contributed by atoms with van der Waals surface area (Å²) in [5.74, 6) is 0.977. The van der Waals surface area contributed by atoms with E-state index in [0.29, 0.717) is 33.6 Å². The summed E-state index contributed by atoms with van der Waals surface area (Å²) in [5, 5.41) is 14.7. The van der Waals surface area contributed by atoms with E-state index in [9.17, 15) is 14.8 Å². The van der Waals surface area contributed by atoms with E-state index in [0.717, 1.165) is 27.4 Å². The fourth-order valence-electron chi connectivity index (χ4n) is 4.54. The number of primary amides is 1. The highest BCUT2D eigenvalue weighted by Crippen LogP contribution is 2.42. The third-order valence-electron chi connectivity index (χ3n) is 6.51. The van der Waals surface area contributed by atoms with Crippen molar-refractivity contribution in [3.8, 4) is 28.5 Å². The molecule has 0 saturated carbocycles. The zero-order chi connectivity index (χ0) is 28.4. The lowest BCUT2D eigenvalue weighted by atomic mass is 10.0. The topological polar surface area (TPSA) is 152 Å². The smallest absolute Gasteiger partial charge is 0.343 e. The highest BCUT2D eigenvalue weighted by Gasteiger charge is 2.21. The Labute approximate surface area is 229 Å². The summed E-state index contributed by atoms with van der Waals surface area (Å²) in [6.45, 7) is 0.189. The van der Waals surface area contributed by atoms with Crippen molar-refractivity contribution in [3.63, 3.8) is 0 Å². The van der Waals surface area contributed by atoms with Crippen LogP contribution in [-0.4, -0.2) is 48.4 Å². The van der Waals surface area contributed by atoms with E-state index in [-0.39, 0.29) is 23.8 Å². The van der Waals surface area contributed by atoms with Crippen LogP contribution in [0.25, 0.3) is 33.1 Å². The van der Waals surface area contributed by atoms with E-state index in [1.54, 1.807) is 30.3 Å². The number of nitrogens with two attached hydrogens (primary N) is 1. The van der Waals surface area contributed by atoms with Crippen LogP contribution < -0.4 is 30.3 Å². The first-order chi connectivity index (χ1) is 19.3. The van der Waals surface area contributed by atoms with E-state index in [1.165, 1.54) is 33.5 Å². The number of hydrogen-bond donors (Lipinski definition) is 4. The van der Waals surface area contributed by atoms with Crippen molar-refractivity contribution in [2.45, 2.75) is 6.54 Å². The number of carbonyl (C=O) groups excluding carboxylic acids is 2. The molecule has 2 heterocycles. The van der Waals surface area contributed by atoms with Gasteiger partial charge in [-0.3, -0.25) is 10.0 Å². The van der Waals surface area contributed by atoms with E-state index in [4.69, 9.17) is 24.9 Å². The van der Waals surface area contributed by atoms with Gasteiger partial charge < -0.3 is 30.2 Å². The SMILES string of the molecule is COc1cc(-c2nc(C(=O)NCc3ccc(N(O)C(N)=O)cc3)cc3c2[nH]c2ccccc23)cc(OC)c1OC. The molecule has 3 aromatic carbocycles. The Morgan fingerprint density at radius 3 is 2.25 bits per heavy atom. The number of aromatic amines is 1. The van der Waals surface area contributed by atoms with Gasteiger partial charge in [0.05, 0.1) is 38.2 Å². The van der Waals surface area contributed by atoms with Crippen LogP contribution in [0.15, 0.2) is 66.7 Å². The first kappa shape index (κ1) is 26.3. The van der Waals surface area contributed by atoms with Gasteiger partial charge >= 0.3 is 6.03 Å². The molecular weight excluding hydrogens is 514 g/mol. The molecule has 0 aliphatic carbocycles. The van der Waals surface area contributed by atoms with Crippen LogP contribution in [0, 0.1) is 0 Å². The van der Waals surface area contributed by atoms with Crippen molar-refractivity contribution < 1.29 is 29.0 Å². The first-order valence-corrected chi connectivity index (χ1v) is 12.2. The number of nitrogens with zero attached hydrogens (tertiary/aromatic N) is 2. The Bertz CT molecular complexity index is 1710. The molecule has 204 valence electrons. The molecule has 11 nitrogen and oxygen atoms in total. The summed E-state index contributed by atoms with van der Waals surface area (Å²) < 4.78 is 16.6. The highest BCUT2D eigenvalue weighted by molar-refractivity contribution is 6.13. The van der Waals surface area contributed by atoms with Crippen LogP contribution in [0.5, 0.6) is 17.2 Å². The summed E-state index contributed by atoms with van der Waals surface area (Å²) >= 11 is 0. The lowest BCUT2D eigenvalue weighted by Crippen LogP contribution is -2.32. The minimum Gasteiger partial charge on any atom is -0.493 e. The lowest BCUT2D eigenvalue weighted by Gasteiger charge is -2.15. The molecule has 0 aliphatic rings. The molecule has 0 radical (unpaired) electrons. The van der Waals surface area contributed by atoms with Gasteiger partial charge in [0.2, 0.25) is 5.75 Å². The number of urea groups is 1. The normalized spacial score (nSPS) is 10.9. The Hall–Kier alpha value is -5.29. The van der Waals surface area contributed by atoms with E-state index in [2.05, 4.69) is 10.3 Å². The van der Waals surface area contributed by atoms with Gasteiger partial charge in [-0.05, 0) is 42.0 Å². The Balaban J connectivity index is 1.55. The van der Waals surface area contributed by atoms with Crippen LogP contribution in [0.2, 0.25) is 0 Å². The van der Waals surface area contributed by atoms with Crippen molar-refractivity contribution in [2.24, 2.45) is 5.73 Å². The Morgan fingerprint density at radius 1 is 0.950 bits per heavy atom. The van der Waals surface area contributed by atoms with Crippen molar-refractivity contribution in [3.05, 3.63) is 78.0 Å². The molecule has 3 amide bonds. The predicted octanol–water partition coefficient (Wildman–Crippen LogP) is 4.61. The molecule has 0 fully saturated rings. The number of methoxy groups -OCH3 is 3. The molecule has 0 unspecified atom stereocenters. The van der Waals surface area contributed by atoms with Gasteiger partial charge in [-0.15, -0.1) is 0 Å². The van der Waals surface area contributed by atoms with Gasteiger partial charge in [0, 0.05) is 28.4 Å². The number of para-hydroxylation sites is 1. The average molecular weight is 542 g/mol. The monoisotopic (exact) mass is 541 g/mol. The summed E-state index contributed by atoms with van der Waals surface area (Å²) in [4.78, 5) is 32.7. The molecule has 0 spiro atoms. The van der Waals surface area contributed by atoms with Crippen LogP contribution in [0.4, 0.5) is 10.5 Å². The summed E-state index contributed by atoms with van der Waals surface area (Å²) in [7, 11) is 4.61. The second-order valence-corrected chi connectivity index (χ2v) is 8.86. The number of benzene rings is 3. The molecule has 11 heteroatoms. The van der Waals surface area contributed by atoms with Crippen LogP contribution >= 0.6 is 0 Å². The molecule has 0 aliphatic heterocycles. The molecule has 5 rings (SSSR count). The molecule has 5 aromatic rings. The van der Waals surface area contributed by atoms with Gasteiger partial charge in [0.15, 0.2) is 11.5 Å². The van der Waals surface area contributed by atoms with Gasteiger partial charge in [0.25, 0.3) is 5.91 Å². The lowest BCUT2D eigenvalue weighted by molar-refractivity contribution is 0.0946. The minimum absolute atomic E-state index is 0.189. The fourth-order valence-corrected chi connectivity index (χ4v) is 4.54. The van der Waals surface area contributed by atoms with E-state index >= 15 is 0 Å². The zero-order valence-corrected chi connectivity index (χ0v) is 22.0.